The zero-order valence-electron chi connectivity index (χ0n) is 26.9. The molecule has 7 aromatic carbocycles. The van der Waals surface area contributed by atoms with Crippen molar-refractivity contribution in [2.75, 3.05) is 0 Å². The fraction of sp³-hybridized carbons (Fsp3) is 0. The summed E-state index contributed by atoms with van der Waals surface area (Å²) in [6, 6.07) is 72.0. The van der Waals surface area contributed by atoms with Crippen molar-refractivity contribution >= 4 is 50.6 Å². The summed E-state index contributed by atoms with van der Waals surface area (Å²) in [6.45, 7) is 0. The van der Waals surface area contributed by atoms with Gasteiger partial charge in [0.25, 0.3) is 0 Å². The first kappa shape index (κ1) is 27.9. The standard InChI is InChI=1S/C46H32N2Si/c1-5-19-33(20-6-1)47-41-31-17-15-29-39(41)45-43(47)37-27-13-14-28-38(37)44-46(40-30-16-18-32-42(40)48(44)34-21-7-2-8-22-34)49(45,35-23-9-3-10-24-35)36-25-11-4-12-26-36/h1-32H. The lowest BCUT2D eigenvalue weighted by Crippen LogP contribution is -2.75. The van der Waals surface area contributed by atoms with Gasteiger partial charge in [-0.2, -0.15) is 0 Å². The molecule has 9 aromatic rings. The lowest BCUT2D eigenvalue weighted by molar-refractivity contribution is 1.13. The number of hydrogen-bond donors (Lipinski definition) is 0. The van der Waals surface area contributed by atoms with Gasteiger partial charge in [0.1, 0.15) is 0 Å². The highest BCUT2D eigenvalue weighted by Crippen LogP contribution is 2.43. The third-order valence-corrected chi connectivity index (χ3v) is 15.3. The minimum absolute atomic E-state index is 1.17. The molecule has 0 amide bonds. The number of aromatic nitrogens is 2. The highest BCUT2D eigenvalue weighted by Gasteiger charge is 2.51. The van der Waals surface area contributed by atoms with Crippen LogP contribution in [0, 0.1) is 0 Å². The molecule has 230 valence electrons. The van der Waals surface area contributed by atoms with Crippen LogP contribution in [-0.4, -0.2) is 17.2 Å². The van der Waals surface area contributed by atoms with E-state index in [1.807, 2.05) is 0 Å². The van der Waals surface area contributed by atoms with Crippen LogP contribution in [0.15, 0.2) is 194 Å². The zero-order valence-corrected chi connectivity index (χ0v) is 27.9. The predicted molar refractivity (Wildman–Crippen MR) is 208 cm³/mol. The third-order valence-electron chi connectivity index (χ3n) is 10.4. The monoisotopic (exact) mass is 640 g/mol. The van der Waals surface area contributed by atoms with Crippen molar-refractivity contribution in [3.63, 3.8) is 0 Å². The van der Waals surface area contributed by atoms with E-state index in [0.29, 0.717) is 0 Å². The normalized spacial score (nSPS) is 13.1. The van der Waals surface area contributed by atoms with Crippen molar-refractivity contribution in [2.45, 2.75) is 0 Å². The number of benzene rings is 7. The molecular weight excluding hydrogens is 609 g/mol. The maximum atomic E-state index is 2.54. The quantitative estimate of drug-likeness (QED) is 0.171. The molecule has 2 aromatic heterocycles. The van der Waals surface area contributed by atoms with Crippen LogP contribution in [-0.2, 0) is 0 Å². The maximum absolute atomic E-state index is 3.12. The van der Waals surface area contributed by atoms with E-state index in [-0.39, 0.29) is 0 Å². The van der Waals surface area contributed by atoms with Crippen molar-refractivity contribution in [1.29, 1.82) is 0 Å². The Kier molecular flexibility index (Phi) is 6.23. The third kappa shape index (κ3) is 3.88. The van der Waals surface area contributed by atoms with E-state index in [0.717, 1.165) is 0 Å². The molecule has 0 bridgehead atoms. The summed E-state index contributed by atoms with van der Waals surface area (Å²) in [5, 5.41) is 8.24. The fourth-order valence-corrected chi connectivity index (χ4v) is 14.1. The van der Waals surface area contributed by atoms with Gasteiger partial charge in [-0.3, -0.25) is 0 Å². The van der Waals surface area contributed by atoms with Gasteiger partial charge in [-0.25, -0.2) is 0 Å². The van der Waals surface area contributed by atoms with Gasteiger partial charge in [-0.15, -0.1) is 0 Å². The second-order valence-corrected chi connectivity index (χ2v) is 16.5. The van der Waals surface area contributed by atoms with Crippen molar-refractivity contribution in [3.8, 4) is 33.9 Å². The van der Waals surface area contributed by atoms with Crippen LogP contribution < -0.4 is 20.7 Å². The van der Waals surface area contributed by atoms with Crippen molar-refractivity contribution in [2.24, 2.45) is 0 Å². The van der Waals surface area contributed by atoms with Crippen molar-refractivity contribution in [3.05, 3.63) is 194 Å². The highest BCUT2D eigenvalue weighted by atomic mass is 28.3. The molecule has 10 rings (SSSR count). The number of para-hydroxylation sites is 4. The Morgan fingerprint density at radius 2 is 0.633 bits per heavy atom. The summed E-state index contributed by atoms with van der Waals surface area (Å²) in [7, 11) is -3.12. The highest BCUT2D eigenvalue weighted by molar-refractivity contribution is 7.22. The van der Waals surface area contributed by atoms with E-state index >= 15 is 0 Å². The second kappa shape index (κ2) is 10.9. The summed E-state index contributed by atoms with van der Waals surface area (Å²) in [5.74, 6) is 0. The van der Waals surface area contributed by atoms with E-state index in [1.54, 1.807) is 0 Å². The summed E-state index contributed by atoms with van der Waals surface area (Å²) in [5.41, 5.74) is 9.85. The SMILES string of the molecule is c1ccc(-n2c3c(c4ccccc42)[Si](c2ccccc2)(c2ccccc2)c2c(n(-c4ccccc4)c4ccccc24)-c2ccccc2-3)cc1. The van der Waals surface area contributed by atoms with Crippen molar-refractivity contribution < 1.29 is 0 Å². The molecule has 0 atom stereocenters. The Balaban J connectivity index is 1.56. The Morgan fingerprint density at radius 3 is 1.04 bits per heavy atom. The molecule has 1 aliphatic heterocycles. The Bertz CT molecular complexity index is 2450. The molecule has 3 heteroatoms. The number of nitrogens with zero attached hydrogens (tertiary/aromatic N) is 2. The lowest BCUT2D eigenvalue weighted by atomic mass is 10.0. The minimum atomic E-state index is -3.12. The fourth-order valence-electron chi connectivity index (χ4n) is 8.58. The van der Waals surface area contributed by atoms with E-state index in [2.05, 4.69) is 203 Å². The molecule has 3 heterocycles. The van der Waals surface area contributed by atoms with Gasteiger partial charge in [-0.1, -0.05) is 158 Å². The Hall–Kier alpha value is -6.16. The summed E-state index contributed by atoms with van der Waals surface area (Å²) in [6.07, 6.45) is 0. The predicted octanol–water partition coefficient (Wildman–Crippen LogP) is 8.60. The number of hydrogen-bond acceptors (Lipinski definition) is 0. The Morgan fingerprint density at radius 1 is 0.306 bits per heavy atom. The van der Waals surface area contributed by atoms with Crippen LogP contribution in [0.2, 0.25) is 0 Å². The van der Waals surface area contributed by atoms with Crippen LogP contribution in [0.25, 0.3) is 55.7 Å². The van der Waals surface area contributed by atoms with Crippen LogP contribution in [0.4, 0.5) is 0 Å². The first-order chi connectivity index (χ1) is 24.4. The molecular formula is C46H32N2Si. The summed E-state index contributed by atoms with van der Waals surface area (Å²) < 4.78 is 5.08. The smallest absolute Gasteiger partial charge is 0.185 e. The van der Waals surface area contributed by atoms with Gasteiger partial charge in [0.15, 0.2) is 8.07 Å². The van der Waals surface area contributed by atoms with Crippen LogP contribution >= 0.6 is 0 Å². The van der Waals surface area contributed by atoms with E-state index in [4.69, 9.17) is 0 Å². The van der Waals surface area contributed by atoms with E-state index in [9.17, 15) is 0 Å². The van der Waals surface area contributed by atoms with Gasteiger partial charge >= 0.3 is 0 Å². The molecule has 0 spiro atoms. The minimum Gasteiger partial charge on any atom is -0.309 e. The van der Waals surface area contributed by atoms with Gasteiger partial charge in [0.2, 0.25) is 0 Å². The topological polar surface area (TPSA) is 9.86 Å². The average molecular weight is 641 g/mol. The first-order valence-electron chi connectivity index (χ1n) is 17.0. The first-order valence-corrected chi connectivity index (χ1v) is 19.0. The summed E-state index contributed by atoms with van der Waals surface area (Å²) >= 11 is 0. The van der Waals surface area contributed by atoms with Crippen LogP contribution in [0.3, 0.4) is 0 Å². The maximum Gasteiger partial charge on any atom is 0.185 e. The molecule has 49 heavy (non-hydrogen) atoms. The molecule has 2 nitrogen and oxygen atoms in total. The second-order valence-electron chi connectivity index (χ2n) is 12.9. The molecule has 0 radical (unpaired) electrons. The number of fused-ring (bicyclic) bond motifs is 9. The van der Waals surface area contributed by atoms with E-state index in [1.165, 1.54) is 76.4 Å². The lowest BCUT2D eigenvalue weighted by Gasteiger charge is -2.34. The molecule has 0 unspecified atom stereocenters. The number of rotatable bonds is 4. The van der Waals surface area contributed by atoms with Gasteiger partial charge in [0, 0.05) is 33.3 Å². The largest absolute Gasteiger partial charge is 0.309 e. The molecule has 0 fully saturated rings. The molecule has 1 aliphatic rings. The van der Waals surface area contributed by atoms with Gasteiger partial charge < -0.3 is 9.13 Å². The van der Waals surface area contributed by atoms with Crippen LogP contribution in [0.1, 0.15) is 0 Å². The average Bonchev–Trinajstić information content (AvgIpc) is 3.68. The van der Waals surface area contributed by atoms with Gasteiger partial charge in [-0.05, 0) is 57.1 Å². The zero-order chi connectivity index (χ0) is 32.4. The van der Waals surface area contributed by atoms with Gasteiger partial charge in [0.05, 0.1) is 22.4 Å². The molecule has 0 saturated carbocycles. The molecule has 0 N–H and O–H groups in total. The van der Waals surface area contributed by atoms with Crippen LogP contribution in [0.5, 0.6) is 0 Å². The van der Waals surface area contributed by atoms with E-state index < -0.39 is 8.07 Å². The molecule has 0 saturated heterocycles. The Labute approximate surface area is 286 Å². The van der Waals surface area contributed by atoms with Crippen molar-refractivity contribution in [1.82, 2.24) is 9.13 Å². The summed E-state index contributed by atoms with van der Waals surface area (Å²) in [4.78, 5) is 0. The molecule has 0 aliphatic carbocycles.